The number of ether oxygens (including phenoxy) is 1. The molecule has 4 nitrogen and oxygen atoms in total. The van der Waals surface area contributed by atoms with E-state index in [-0.39, 0.29) is 12.5 Å². The third kappa shape index (κ3) is 3.07. The zero-order valence-electron chi connectivity index (χ0n) is 11.1. The summed E-state index contributed by atoms with van der Waals surface area (Å²) in [4.78, 5) is 11.3. The fourth-order valence-corrected chi connectivity index (χ4v) is 2.86. The molecule has 19 heavy (non-hydrogen) atoms. The van der Waals surface area contributed by atoms with E-state index in [0.29, 0.717) is 17.2 Å². The Labute approximate surface area is 113 Å². The van der Waals surface area contributed by atoms with Gasteiger partial charge in [0.2, 0.25) is 0 Å². The molecule has 0 heterocycles. The van der Waals surface area contributed by atoms with Gasteiger partial charge >= 0.3 is 5.97 Å². The summed E-state index contributed by atoms with van der Waals surface area (Å²) in [5.41, 5.74) is 1.23. The molecule has 0 aliphatic heterocycles. The molecule has 1 aliphatic carbocycles. The molecule has 4 heteroatoms. The molecule has 0 bridgehead atoms. The molecule has 1 aliphatic rings. The van der Waals surface area contributed by atoms with Crippen LogP contribution in [0.15, 0.2) is 18.2 Å². The maximum Gasteiger partial charge on any atom is 0.335 e. The predicted octanol–water partition coefficient (Wildman–Crippen LogP) is 2.66. The molecule has 1 aromatic carbocycles. The number of hydrogen-bond donors (Lipinski definition) is 2. The predicted molar refractivity (Wildman–Crippen MR) is 71.7 cm³/mol. The van der Waals surface area contributed by atoms with Crippen molar-refractivity contribution in [3.63, 3.8) is 0 Å². The van der Waals surface area contributed by atoms with Crippen molar-refractivity contribution in [2.75, 3.05) is 13.7 Å². The first-order valence-corrected chi connectivity index (χ1v) is 6.67. The number of carboxylic acid groups (broad SMARTS) is 1. The van der Waals surface area contributed by atoms with Gasteiger partial charge in [-0.2, -0.15) is 0 Å². The molecular weight excluding hydrogens is 244 g/mol. The molecule has 1 aromatic rings. The molecule has 2 N–H and O–H groups in total. The highest BCUT2D eigenvalue weighted by atomic mass is 16.5. The summed E-state index contributed by atoms with van der Waals surface area (Å²) in [6, 6.07) is 5.15. The molecule has 0 spiro atoms. The van der Waals surface area contributed by atoms with E-state index in [1.165, 1.54) is 0 Å². The highest BCUT2D eigenvalue weighted by Crippen LogP contribution is 2.38. The summed E-state index contributed by atoms with van der Waals surface area (Å²) in [6.07, 6.45) is 3.77. The number of carbonyl (C=O) groups is 1. The largest absolute Gasteiger partial charge is 0.497 e. The Bertz CT molecular complexity index is 447. The molecule has 2 rings (SSSR count). The molecule has 0 unspecified atom stereocenters. The Morgan fingerprint density at radius 3 is 2.53 bits per heavy atom. The quantitative estimate of drug-likeness (QED) is 0.877. The van der Waals surface area contributed by atoms with Crippen molar-refractivity contribution in [1.29, 1.82) is 0 Å². The van der Waals surface area contributed by atoms with E-state index in [9.17, 15) is 9.90 Å². The standard InChI is InChI=1S/C15H20O4/c1-19-12-6-7-13(15(17)18)14(8-12)11-4-2-10(9-16)3-5-11/h6-8,10-11,16H,2-5,9H2,1H3,(H,17,18). The molecule has 104 valence electrons. The van der Waals surface area contributed by atoms with Crippen molar-refractivity contribution in [2.24, 2.45) is 5.92 Å². The Hall–Kier alpha value is -1.55. The van der Waals surface area contributed by atoms with Crippen molar-refractivity contribution in [1.82, 2.24) is 0 Å². The van der Waals surface area contributed by atoms with Crippen LogP contribution in [0.4, 0.5) is 0 Å². The minimum absolute atomic E-state index is 0.233. The Morgan fingerprint density at radius 2 is 2.00 bits per heavy atom. The lowest BCUT2D eigenvalue weighted by atomic mass is 9.77. The van der Waals surface area contributed by atoms with E-state index in [1.807, 2.05) is 6.07 Å². The number of aromatic carboxylic acids is 1. The van der Waals surface area contributed by atoms with Gasteiger partial charge in [0.1, 0.15) is 5.75 Å². The minimum Gasteiger partial charge on any atom is -0.497 e. The minimum atomic E-state index is -0.887. The summed E-state index contributed by atoms with van der Waals surface area (Å²) >= 11 is 0. The zero-order chi connectivity index (χ0) is 13.8. The average Bonchev–Trinajstić information content (AvgIpc) is 2.46. The van der Waals surface area contributed by atoms with Crippen LogP contribution in [0.3, 0.4) is 0 Å². The van der Waals surface area contributed by atoms with E-state index in [4.69, 9.17) is 9.84 Å². The number of methoxy groups -OCH3 is 1. The topological polar surface area (TPSA) is 66.8 Å². The summed E-state index contributed by atoms with van der Waals surface area (Å²) in [5.74, 6) is 0.436. The van der Waals surface area contributed by atoms with Crippen LogP contribution in [0.5, 0.6) is 5.75 Å². The van der Waals surface area contributed by atoms with E-state index in [0.717, 1.165) is 31.2 Å². The second kappa shape index (κ2) is 6.06. The van der Waals surface area contributed by atoms with Gasteiger partial charge in [-0.15, -0.1) is 0 Å². The van der Waals surface area contributed by atoms with E-state index >= 15 is 0 Å². The van der Waals surface area contributed by atoms with Crippen LogP contribution < -0.4 is 4.74 Å². The van der Waals surface area contributed by atoms with Crippen molar-refractivity contribution in [3.05, 3.63) is 29.3 Å². The summed E-state index contributed by atoms with van der Waals surface area (Å²) < 4.78 is 5.19. The molecular formula is C15H20O4. The first kappa shape index (κ1) is 13.9. The van der Waals surface area contributed by atoms with E-state index in [2.05, 4.69) is 0 Å². The van der Waals surface area contributed by atoms with Gasteiger partial charge in [0.25, 0.3) is 0 Å². The smallest absolute Gasteiger partial charge is 0.335 e. The van der Waals surface area contributed by atoms with E-state index < -0.39 is 5.97 Å². The fourth-order valence-electron chi connectivity index (χ4n) is 2.86. The lowest BCUT2D eigenvalue weighted by Crippen LogP contribution is -2.18. The normalized spacial score (nSPS) is 23.1. The first-order chi connectivity index (χ1) is 9.15. The van der Waals surface area contributed by atoms with Gasteiger partial charge < -0.3 is 14.9 Å². The highest BCUT2D eigenvalue weighted by molar-refractivity contribution is 5.89. The van der Waals surface area contributed by atoms with Crippen LogP contribution in [0.1, 0.15) is 47.5 Å². The Morgan fingerprint density at radius 1 is 1.32 bits per heavy atom. The first-order valence-electron chi connectivity index (χ1n) is 6.67. The molecule has 0 aromatic heterocycles. The van der Waals surface area contributed by atoms with Crippen LogP contribution in [0.25, 0.3) is 0 Å². The average molecular weight is 264 g/mol. The fraction of sp³-hybridized carbons (Fsp3) is 0.533. The Kier molecular flexibility index (Phi) is 4.43. The van der Waals surface area contributed by atoms with Crippen LogP contribution in [-0.2, 0) is 0 Å². The number of carboxylic acids is 1. The van der Waals surface area contributed by atoms with Gasteiger partial charge in [0, 0.05) is 6.61 Å². The van der Waals surface area contributed by atoms with Crippen molar-refractivity contribution in [2.45, 2.75) is 31.6 Å². The second-order valence-electron chi connectivity index (χ2n) is 5.16. The summed E-state index contributed by atoms with van der Waals surface area (Å²) in [5, 5.41) is 18.4. The van der Waals surface area contributed by atoms with Crippen molar-refractivity contribution in [3.8, 4) is 5.75 Å². The molecule has 0 saturated heterocycles. The van der Waals surface area contributed by atoms with Crippen LogP contribution >= 0.6 is 0 Å². The highest BCUT2D eigenvalue weighted by Gasteiger charge is 2.25. The van der Waals surface area contributed by atoms with Crippen LogP contribution in [0.2, 0.25) is 0 Å². The molecule has 1 saturated carbocycles. The molecule has 1 fully saturated rings. The number of aliphatic hydroxyl groups excluding tert-OH is 1. The lowest BCUT2D eigenvalue weighted by molar-refractivity contribution is 0.0694. The van der Waals surface area contributed by atoms with Crippen LogP contribution in [0, 0.1) is 5.92 Å². The summed E-state index contributed by atoms with van der Waals surface area (Å²) in [7, 11) is 1.59. The maximum absolute atomic E-state index is 11.3. The third-order valence-corrected chi connectivity index (χ3v) is 4.03. The number of aliphatic hydroxyl groups is 1. The van der Waals surface area contributed by atoms with Crippen molar-refractivity contribution >= 4 is 5.97 Å². The van der Waals surface area contributed by atoms with Gasteiger partial charge in [-0.05, 0) is 61.3 Å². The SMILES string of the molecule is COc1ccc(C(=O)O)c(C2CCC(CO)CC2)c1. The van der Waals surface area contributed by atoms with Gasteiger partial charge in [-0.3, -0.25) is 0 Å². The monoisotopic (exact) mass is 264 g/mol. The van der Waals surface area contributed by atoms with E-state index in [1.54, 1.807) is 19.2 Å². The third-order valence-electron chi connectivity index (χ3n) is 4.03. The summed E-state index contributed by atoms with van der Waals surface area (Å²) in [6.45, 7) is 0.233. The van der Waals surface area contributed by atoms with Gasteiger partial charge in [-0.25, -0.2) is 4.79 Å². The number of benzene rings is 1. The van der Waals surface area contributed by atoms with Gasteiger partial charge in [0.15, 0.2) is 0 Å². The number of rotatable bonds is 4. The zero-order valence-corrected chi connectivity index (χ0v) is 11.1. The second-order valence-corrected chi connectivity index (χ2v) is 5.16. The van der Waals surface area contributed by atoms with Crippen molar-refractivity contribution < 1.29 is 19.7 Å². The molecule has 0 radical (unpaired) electrons. The Balaban J connectivity index is 2.24. The maximum atomic E-state index is 11.3. The van der Waals surface area contributed by atoms with Gasteiger partial charge in [-0.1, -0.05) is 0 Å². The molecule has 0 atom stereocenters. The van der Waals surface area contributed by atoms with Gasteiger partial charge in [0.05, 0.1) is 12.7 Å². The van der Waals surface area contributed by atoms with Crippen LogP contribution in [-0.4, -0.2) is 29.9 Å². The lowest BCUT2D eigenvalue weighted by Gasteiger charge is -2.28. The number of hydrogen-bond acceptors (Lipinski definition) is 3. The molecule has 0 amide bonds.